The molecule has 0 bridgehead atoms. The summed E-state index contributed by atoms with van der Waals surface area (Å²) in [5, 5.41) is 1.93. The van der Waals surface area contributed by atoms with Gasteiger partial charge in [-0.1, -0.05) is 0 Å². The second kappa shape index (κ2) is 9.02. The van der Waals surface area contributed by atoms with E-state index in [1.807, 2.05) is 5.32 Å². The summed E-state index contributed by atoms with van der Waals surface area (Å²) in [7, 11) is 0. The SMILES string of the molecule is CCOC(=O)NC(=O)COC(=O)CSc1ccc2c(c1)OCCO2. The van der Waals surface area contributed by atoms with Crippen molar-refractivity contribution in [2.45, 2.75) is 11.8 Å². The number of esters is 1. The van der Waals surface area contributed by atoms with Crippen LogP contribution in [0, 0.1) is 0 Å². The number of carbonyl (C=O) groups is 3. The molecule has 1 heterocycles. The number of nitrogens with one attached hydrogen (secondary N) is 1. The average Bonchev–Trinajstić information content (AvgIpc) is 2.58. The fraction of sp³-hybridized carbons (Fsp3) is 0.400. The number of rotatable bonds is 6. The van der Waals surface area contributed by atoms with Gasteiger partial charge in [-0.05, 0) is 25.1 Å². The van der Waals surface area contributed by atoms with Crippen molar-refractivity contribution >= 4 is 29.7 Å². The van der Waals surface area contributed by atoms with Crippen molar-refractivity contribution < 1.29 is 33.3 Å². The van der Waals surface area contributed by atoms with Gasteiger partial charge >= 0.3 is 12.1 Å². The number of ether oxygens (including phenoxy) is 4. The smallest absolute Gasteiger partial charge is 0.413 e. The largest absolute Gasteiger partial charge is 0.486 e. The van der Waals surface area contributed by atoms with Crippen LogP contribution in [0.15, 0.2) is 23.1 Å². The molecular weight excluding hydrogens is 338 g/mol. The zero-order chi connectivity index (χ0) is 17.4. The van der Waals surface area contributed by atoms with Crippen LogP contribution in [-0.4, -0.2) is 50.2 Å². The Morgan fingerprint density at radius 1 is 1.17 bits per heavy atom. The van der Waals surface area contributed by atoms with Crippen molar-refractivity contribution in [3.05, 3.63) is 18.2 Å². The van der Waals surface area contributed by atoms with Gasteiger partial charge in [0.2, 0.25) is 0 Å². The van der Waals surface area contributed by atoms with Crippen LogP contribution in [0.4, 0.5) is 4.79 Å². The van der Waals surface area contributed by atoms with Gasteiger partial charge in [0, 0.05) is 4.90 Å². The molecule has 0 spiro atoms. The van der Waals surface area contributed by atoms with Crippen LogP contribution in [0.25, 0.3) is 0 Å². The molecule has 0 fully saturated rings. The van der Waals surface area contributed by atoms with Crippen molar-refractivity contribution in [3.8, 4) is 11.5 Å². The molecule has 130 valence electrons. The maximum absolute atomic E-state index is 11.6. The highest BCUT2D eigenvalue weighted by molar-refractivity contribution is 8.00. The molecule has 0 saturated carbocycles. The number of imide groups is 1. The lowest BCUT2D eigenvalue weighted by atomic mass is 10.3. The van der Waals surface area contributed by atoms with E-state index in [-0.39, 0.29) is 12.4 Å². The lowest BCUT2D eigenvalue weighted by molar-refractivity contribution is -0.145. The Morgan fingerprint density at radius 3 is 2.67 bits per heavy atom. The highest BCUT2D eigenvalue weighted by atomic mass is 32.2. The number of thioether (sulfide) groups is 1. The predicted molar refractivity (Wildman–Crippen MR) is 84.3 cm³/mol. The summed E-state index contributed by atoms with van der Waals surface area (Å²) in [6.07, 6.45) is -0.871. The molecule has 0 radical (unpaired) electrons. The number of hydrogen-bond acceptors (Lipinski definition) is 8. The van der Waals surface area contributed by atoms with Crippen LogP contribution in [0.1, 0.15) is 6.92 Å². The van der Waals surface area contributed by atoms with Gasteiger partial charge in [0.15, 0.2) is 18.1 Å². The lowest BCUT2D eigenvalue weighted by Crippen LogP contribution is -2.34. The van der Waals surface area contributed by atoms with Crippen LogP contribution in [-0.2, 0) is 19.1 Å². The molecule has 0 atom stereocenters. The van der Waals surface area contributed by atoms with E-state index in [0.29, 0.717) is 24.7 Å². The zero-order valence-corrected chi connectivity index (χ0v) is 13.9. The first-order chi connectivity index (χ1) is 11.6. The number of benzene rings is 1. The number of alkyl carbamates (subject to hydrolysis) is 1. The van der Waals surface area contributed by atoms with E-state index >= 15 is 0 Å². The molecule has 2 rings (SSSR count). The molecule has 0 unspecified atom stereocenters. The normalized spacial score (nSPS) is 12.2. The molecule has 0 saturated heterocycles. The summed E-state index contributed by atoms with van der Waals surface area (Å²) in [5.74, 6) is 0.00375. The minimum atomic E-state index is -0.871. The van der Waals surface area contributed by atoms with E-state index in [2.05, 4.69) is 4.74 Å². The molecule has 24 heavy (non-hydrogen) atoms. The first kappa shape index (κ1) is 17.9. The molecule has 1 aromatic rings. The summed E-state index contributed by atoms with van der Waals surface area (Å²) < 4.78 is 20.2. The fourth-order valence-electron chi connectivity index (χ4n) is 1.76. The molecule has 0 aliphatic carbocycles. The second-order valence-corrected chi connectivity index (χ2v) is 5.57. The van der Waals surface area contributed by atoms with E-state index in [9.17, 15) is 14.4 Å². The number of fused-ring (bicyclic) bond motifs is 1. The van der Waals surface area contributed by atoms with Gasteiger partial charge in [0.05, 0.1) is 12.4 Å². The molecule has 1 aromatic carbocycles. The Kier molecular flexibility index (Phi) is 6.74. The topological polar surface area (TPSA) is 100 Å². The van der Waals surface area contributed by atoms with E-state index in [1.54, 1.807) is 25.1 Å². The summed E-state index contributed by atoms with van der Waals surface area (Å²) in [6.45, 7) is 2.21. The Bertz CT molecular complexity index is 620. The summed E-state index contributed by atoms with van der Waals surface area (Å²) in [5.41, 5.74) is 0. The number of amides is 2. The van der Waals surface area contributed by atoms with Crippen molar-refractivity contribution in [1.29, 1.82) is 0 Å². The van der Waals surface area contributed by atoms with Crippen LogP contribution in [0.5, 0.6) is 11.5 Å². The number of carbonyl (C=O) groups excluding carboxylic acids is 3. The highest BCUT2D eigenvalue weighted by Crippen LogP contribution is 2.34. The minimum Gasteiger partial charge on any atom is -0.486 e. The van der Waals surface area contributed by atoms with Gasteiger partial charge in [-0.3, -0.25) is 14.9 Å². The molecular formula is C15H17NO7S. The Balaban J connectivity index is 1.71. The Hall–Kier alpha value is -2.42. The number of hydrogen-bond donors (Lipinski definition) is 1. The second-order valence-electron chi connectivity index (χ2n) is 4.52. The molecule has 1 aliphatic heterocycles. The fourth-order valence-corrected chi connectivity index (χ4v) is 2.48. The van der Waals surface area contributed by atoms with Crippen molar-refractivity contribution in [2.24, 2.45) is 0 Å². The minimum absolute atomic E-state index is 0.0202. The summed E-state index contributed by atoms with van der Waals surface area (Å²) in [6, 6.07) is 5.35. The van der Waals surface area contributed by atoms with E-state index < -0.39 is 24.6 Å². The first-order valence-electron chi connectivity index (χ1n) is 7.23. The molecule has 9 heteroatoms. The van der Waals surface area contributed by atoms with E-state index in [0.717, 1.165) is 4.90 Å². The predicted octanol–water partition coefficient (Wildman–Crippen LogP) is 1.37. The molecule has 2 amide bonds. The molecule has 1 N–H and O–H groups in total. The van der Waals surface area contributed by atoms with Gasteiger partial charge in [-0.2, -0.15) is 0 Å². The van der Waals surface area contributed by atoms with Gasteiger partial charge < -0.3 is 18.9 Å². The zero-order valence-electron chi connectivity index (χ0n) is 13.0. The van der Waals surface area contributed by atoms with Gasteiger partial charge in [0.1, 0.15) is 13.2 Å². The van der Waals surface area contributed by atoms with Crippen LogP contribution in [0.3, 0.4) is 0 Å². The average molecular weight is 355 g/mol. The maximum atomic E-state index is 11.6. The quantitative estimate of drug-likeness (QED) is 0.603. The molecule has 0 aromatic heterocycles. The van der Waals surface area contributed by atoms with Gasteiger partial charge in [0.25, 0.3) is 5.91 Å². The van der Waals surface area contributed by atoms with Crippen molar-refractivity contribution in [2.75, 3.05) is 32.2 Å². The summed E-state index contributed by atoms with van der Waals surface area (Å²) >= 11 is 1.24. The summed E-state index contributed by atoms with van der Waals surface area (Å²) in [4.78, 5) is 34.8. The lowest BCUT2D eigenvalue weighted by Gasteiger charge is -2.18. The highest BCUT2D eigenvalue weighted by Gasteiger charge is 2.14. The molecule has 8 nitrogen and oxygen atoms in total. The Morgan fingerprint density at radius 2 is 1.92 bits per heavy atom. The third kappa shape index (κ3) is 5.65. The van der Waals surface area contributed by atoms with Gasteiger partial charge in [-0.25, -0.2) is 4.79 Å². The first-order valence-corrected chi connectivity index (χ1v) is 8.21. The van der Waals surface area contributed by atoms with E-state index in [1.165, 1.54) is 11.8 Å². The molecule has 1 aliphatic rings. The third-order valence-corrected chi connectivity index (χ3v) is 3.72. The standard InChI is InChI=1S/C15H17NO7S/c1-2-20-15(19)16-13(17)8-23-14(18)9-24-10-3-4-11-12(7-10)22-6-5-21-11/h3-4,7H,2,5-6,8-9H2,1H3,(H,16,17,19). The van der Waals surface area contributed by atoms with E-state index in [4.69, 9.17) is 14.2 Å². The third-order valence-electron chi connectivity index (χ3n) is 2.75. The van der Waals surface area contributed by atoms with Gasteiger partial charge in [-0.15, -0.1) is 11.8 Å². The monoisotopic (exact) mass is 355 g/mol. The van der Waals surface area contributed by atoms with Crippen molar-refractivity contribution in [3.63, 3.8) is 0 Å². The van der Waals surface area contributed by atoms with Crippen LogP contribution < -0.4 is 14.8 Å². The Labute approximate surface area is 142 Å². The van der Waals surface area contributed by atoms with Crippen LogP contribution >= 0.6 is 11.8 Å². The van der Waals surface area contributed by atoms with Crippen LogP contribution in [0.2, 0.25) is 0 Å². The maximum Gasteiger partial charge on any atom is 0.413 e. The van der Waals surface area contributed by atoms with Crippen molar-refractivity contribution in [1.82, 2.24) is 5.32 Å².